The van der Waals surface area contributed by atoms with Gasteiger partial charge in [0.2, 0.25) is 0 Å². The predicted octanol–water partition coefficient (Wildman–Crippen LogP) is 2.91. The number of nitrogens with one attached hydrogen (secondary N) is 1. The summed E-state index contributed by atoms with van der Waals surface area (Å²) >= 11 is 0. The fourth-order valence-corrected chi connectivity index (χ4v) is 2.23. The SMILES string of the molecule is CCCCNC(CC)C(O)c1cc(OC)ccc1OC. The van der Waals surface area contributed by atoms with Crippen molar-refractivity contribution in [2.24, 2.45) is 0 Å². The monoisotopic (exact) mass is 281 g/mol. The minimum atomic E-state index is -0.609. The van der Waals surface area contributed by atoms with Gasteiger partial charge in [-0.05, 0) is 37.6 Å². The van der Waals surface area contributed by atoms with Gasteiger partial charge in [0.25, 0.3) is 0 Å². The fourth-order valence-electron chi connectivity index (χ4n) is 2.23. The van der Waals surface area contributed by atoms with E-state index in [9.17, 15) is 5.11 Å². The molecule has 0 radical (unpaired) electrons. The lowest BCUT2D eigenvalue weighted by molar-refractivity contribution is 0.122. The van der Waals surface area contributed by atoms with Crippen molar-refractivity contribution in [3.63, 3.8) is 0 Å². The van der Waals surface area contributed by atoms with Crippen LogP contribution in [0.1, 0.15) is 44.8 Å². The van der Waals surface area contributed by atoms with Gasteiger partial charge in [-0.1, -0.05) is 20.3 Å². The Morgan fingerprint density at radius 3 is 2.50 bits per heavy atom. The molecule has 4 heteroatoms. The molecule has 2 N–H and O–H groups in total. The largest absolute Gasteiger partial charge is 0.497 e. The first-order chi connectivity index (χ1) is 9.67. The van der Waals surface area contributed by atoms with Crippen molar-refractivity contribution in [2.45, 2.75) is 45.3 Å². The maximum atomic E-state index is 10.6. The number of aliphatic hydroxyl groups excluding tert-OH is 1. The van der Waals surface area contributed by atoms with Crippen LogP contribution in [0, 0.1) is 0 Å². The molecule has 0 aliphatic carbocycles. The first-order valence-electron chi connectivity index (χ1n) is 7.31. The van der Waals surface area contributed by atoms with E-state index >= 15 is 0 Å². The van der Waals surface area contributed by atoms with Crippen LogP contribution in [0.4, 0.5) is 0 Å². The van der Waals surface area contributed by atoms with Gasteiger partial charge in [0.05, 0.1) is 20.3 Å². The Morgan fingerprint density at radius 2 is 1.95 bits per heavy atom. The average Bonchev–Trinajstić information content (AvgIpc) is 2.50. The molecular weight excluding hydrogens is 254 g/mol. The molecule has 20 heavy (non-hydrogen) atoms. The number of unbranched alkanes of at least 4 members (excludes halogenated alkanes) is 1. The molecule has 4 nitrogen and oxygen atoms in total. The summed E-state index contributed by atoms with van der Waals surface area (Å²) in [7, 11) is 3.23. The maximum absolute atomic E-state index is 10.6. The van der Waals surface area contributed by atoms with Crippen LogP contribution in [0.25, 0.3) is 0 Å². The van der Waals surface area contributed by atoms with Crippen LogP contribution in [0.15, 0.2) is 18.2 Å². The number of benzene rings is 1. The highest BCUT2D eigenvalue weighted by Gasteiger charge is 2.22. The molecule has 0 bridgehead atoms. The third kappa shape index (κ3) is 4.39. The Balaban J connectivity index is 2.89. The molecule has 0 saturated heterocycles. The Bertz CT molecular complexity index is 395. The van der Waals surface area contributed by atoms with Gasteiger partial charge in [-0.15, -0.1) is 0 Å². The second-order valence-corrected chi connectivity index (χ2v) is 4.88. The van der Waals surface area contributed by atoms with E-state index < -0.39 is 6.10 Å². The highest BCUT2D eigenvalue weighted by molar-refractivity contribution is 5.42. The summed E-state index contributed by atoms with van der Waals surface area (Å²) in [5, 5.41) is 14.0. The van der Waals surface area contributed by atoms with Crippen LogP contribution in [-0.4, -0.2) is 31.9 Å². The average molecular weight is 281 g/mol. The normalized spacial score (nSPS) is 13.8. The lowest BCUT2D eigenvalue weighted by Crippen LogP contribution is -2.35. The van der Waals surface area contributed by atoms with E-state index in [-0.39, 0.29) is 6.04 Å². The number of hydrogen-bond acceptors (Lipinski definition) is 4. The zero-order valence-electron chi connectivity index (χ0n) is 13.0. The summed E-state index contributed by atoms with van der Waals surface area (Å²) in [6.45, 7) is 5.14. The highest BCUT2D eigenvalue weighted by atomic mass is 16.5. The summed E-state index contributed by atoms with van der Waals surface area (Å²) in [6.07, 6.45) is 2.49. The first kappa shape index (κ1) is 16.8. The van der Waals surface area contributed by atoms with Gasteiger partial charge in [-0.25, -0.2) is 0 Å². The van der Waals surface area contributed by atoms with Crippen molar-refractivity contribution in [1.29, 1.82) is 0 Å². The van der Waals surface area contributed by atoms with Crippen molar-refractivity contribution in [1.82, 2.24) is 5.32 Å². The molecule has 0 spiro atoms. The maximum Gasteiger partial charge on any atom is 0.124 e. The molecule has 114 valence electrons. The first-order valence-corrected chi connectivity index (χ1v) is 7.31. The molecule has 0 heterocycles. The smallest absolute Gasteiger partial charge is 0.124 e. The van der Waals surface area contributed by atoms with E-state index in [1.165, 1.54) is 0 Å². The van der Waals surface area contributed by atoms with Crippen LogP contribution < -0.4 is 14.8 Å². The molecular formula is C16H27NO3. The van der Waals surface area contributed by atoms with Crippen LogP contribution in [0.2, 0.25) is 0 Å². The van der Waals surface area contributed by atoms with Gasteiger partial charge in [0.1, 0.15) is 11.5 Å². The molecule has 0 fully saturated rings. The van der Waals surface area contributed by atoms with Crippen molar-refractivity contribution < 1.29 is 14.6 Å². The summed E-state index contributed by atoms with van der Waals surface area (Å²) in [4.78, 5) is 0. The standard InChI is InChI=1S/C16H27NO3/c1-5-7-10-17-14(6-2)16(18)13-11-12(19-3)8-9-15(13)20-4/h8-9,11,14,16-18H,5-7,10H2,1-4H3. The van der Waals surface area contributed by atoms with E-state index in [1.807, 2.05) is 18.2 Å². The molecule has 2 atom stereocenters. The quantitative estimate of drug-likeness (QED) is 0.683. The molecule has 0 aliphatic rings. The van der Waals surface area contributed by atoms with Gasteiger partial charge >= 0.3 is 0 Å². The van der Waals surface area contributed by atoms with Gasteiger partial charge in [0.15, 0.2) is 0 Å². The second kappa shape index (κ2) is 8.82. The van der Waals surface area contributed by atoms with Crippen LogP contribution in [0.5, 0.6) is 11.5 Å². The Labute approximate surface area is 122 Å². The lowest BCUT2D eigenvalue weighted by Gasteiger charge is -2.25. The summed E-state index contributed by atoms with van der Waals surface area (Å²) in [5.41, 5.74) is 0.766. The number of rotatable bonds is 9. The molecule has 0 saturated carbocycles. The topological polar surface area (TPSA) is 50.7 Å². The molecule has 1 aromatic carbocycles. The Kier molecular flexibility index (Phi) is 7.41. The van der Waals surface area contributed by atoms with E-state index in [0.717, 1.165) is 37.1 Å². The van der Waals surface area contributed by atoms with Gasteiger partial charge in [-0.2, -0.15) is 0 Å². The van der Waals surface area contributed by atoms with E-state index in [1.54, 1.807) is 14.2 Å². The second-order valence-electron chi connectivity index (χ2n) is 4.88. The van der Waals surface area contributed by atoms with Gasteiger partial charge in [0, 0.05) is 11.6 Å². The van der Waals surface area contributed by atoms with Crippen molar-refractivity contribution in [2.75, 3.05) is 20.8 Å². The lowest BCUT2D eigenvalue weighted by atomic mass is 9.99. The van der Waals surface area contributed by atoms with Crippen molar-refractivity contribution in [3.05, 3.63) is 23.8 Å². The van der Waals surface area contributed by atoms with Crippen LogP contribution >= 0.6 is 0 Å². The third-order valence-corrected chi connectivity index (χ3v) is 3.51. The highest BCUT2D eigenvalue weighted by Crippen LogP contribution is 2.31. The van der Waals surface area contributed by atoms with Gasteiger partial charge in [-0.3, -0.25) is 0 Å². The molecule has 1 rings (SSSR count). The van der Waals surface area contributed by atoms with E-state index in [4.69, 9.17) is 9.47 Å². The third-order valence-electron chi connectivity index (χ3n) is 3.51. The number of ether oxygens (including phenoxy) is 2. The van der Waals surface area contributed by atoms with Crippen molar-refractivity contribution in [3.8, 4) is 11.5 Å². The number of methoxy groups -OCH3 is 2. The Hall–Kier alpha value is -1.26. The number of hydrogen-bond donors (Lipinski definition) is 2. The summed E-state index contributed by atoms with van der Waals surface area (Å²) < 4.78 is 10.6. The fraction of sp³-hybridized carbons (Fsp3) is 0.625. The van der Waals surface area contributed by atoms with Crippen LogP contribution in [0.3, 0.4) is 0 Å². The predicted molar refractivity (Wildman–Crippen MR) is 81.5 cm³/mol. The molecule has 2 unspecified atom stereocenters. The molecule has 1 aromatic rings. The molecule has 0 amide bonds. The summed E-state index contributed by atoms with van der Waals surface area (Å²) in [5.74, 6) is 1.41. The zero-order chi connectivity index (χ0) is 15.0. The van der Waals surface area contributed by atoms with Crippen molar-refractivity contribution >= 4 is 0 Å². The molecule has 0 aromatic heterocycles. The van der Waals surface area contributed by atoms with E-state index in [2.05, 4.69) is 19.2 Å². The summed E-state index contributed by atoms with van der Waals surface area (Å²) in [6, 6.07) is 5.52. The van der Waals surface area contributed by atoms with E-state index in [0.29, 0.717) is 5.75 Å². The minimum absolute atomic E-state index is 0.0163. The number of aliphatic hydroxyl groups is 1. The Morgan fingerprint density at radius 1 is 1.20 bits per heavy atom. The van der Waals surface area contributed by atoms with Gasteiger partial charge < -0.3 is 19.9 Å². The zero-order valence-corrected chi connectivity index (χ0v) is 13.0. The minimum Gasteiger partial charge on any atom is -0.497 e. The molecule has 0 aliphatic heterocycles. The van der Waals surface area contributed by atoms with Crippen LogP contribution in [-0.2, 0) is 0 Å².